The summed E-state index contributed by atoms with van der Waals surface area (Å²) in [5.41, 5.74) is 6.38. The van der Waals surface area contributed by atoms with E-state index in [4.69, 9.17) is 5.73 Å². The van der Waals surface area contributed by atoms with Crippen LogP contribution in [0.5, 0.6) is 0 Å². The van der Waals surface area contributed by atoms with Crippen LogP contribution in [0.25, 0.3) is 0 Å². The Hall–Kier alpha value is -3.30. The third-order valence-electron chi connectivity index (χ3n) is 5.09. The fourth-order valence-corrected chi connectivity index (χ4v) is 3.44. The van der Waals surface area contributed by atoms with Crippen LogP contribution in [0.1, 0.15) is 10.4 Å². The van der Waals surface area contributed by atoms with Gasteiger partial charge in [-0.1, -0.05) is 12.1 Å². The maximum absolute atomic E-state index is 13.6. The van der Waals surface area contributed by atoms with Gasteiger partial charge in [0.1, 0.15) is 32.0 Å². The molecule has 30 heavy (non-hydrogen) atoms. The molecule has 0 radical (unpaired) electrons. The van der Waals surface area contributed by atoms with E-state index in [1.54, 1.807) is 36.4 Å². The van der Waals surface area contributed by atoms with Crippen molar-refractivity contribution in [3.05, 3.63) is 59.9 Å². The maximum Gasteiger partial charge on any atom is 0.279 e. The number of hydrogen-bond acceptors (Lipinski definition) is 3. The minimum atomic E-state index is -0.514. The first-order valence-electron chi connectivity index (χ1n) is 9.82. The van der Waals surface area contributed by atoms with E-state index in [1.165, 1.54) is 12.1 Å². The highest BCUT2D eigenvalue weighted by Gasteiger charge is 2.26. The van der Waals surface area contributed by atoms with Crippen LogP contribution in [0.15, 0.2) is 48.5 Å². The summed E-state index contributed by atoms with van der Waals surface area (Å²) < 4.78 is 13.6. The summed E-state index contributed by atoms with van der Waals surface area (Å²) in [5.74, 6) is -1.31. The molecule has 6 N–H and O–H groups in total. The van der Waals surface area contributed by atoms with Crippen molar-refractivity contribution in [2.45, 2.75) is 0 Å². The molecule has 158 valence electrons. The van der Waals surface area contributed by atoms with Crippen LogP contribution in [-0.4, -0.2) is 57.0 Å². The van der Waals surface area contributed by atoms with Gasteiger partial charge < -0.3 is 26.2 Å². The maximum atomic E-state index is 13.6. The molecule has 0 bridgehead atoms. The SMILES string of the molecule is NC(=O)c1ccc(NC(=O)C[NH+]2CC[NH+](CC(=O)Nc3ccccc3F)CC2)cc1. The van der Waals surface area contributed by atoms with Gasteiger partial charge in [-0.3, -0.25) is 14.4 Å². The third-order valence-corrected chi connectivity index (χ3v) is 5.09. The number of nitrogens with two attached hydrogens (primary N) is 1. The van der Waals surface area contributed by atoms with Crippen molar-refractivity contribution < 1.29 is 28.6 Å². The molecule has 0 unspecified atom stereocenters. The molecule has 2 aromatic carbocycles. The highest BCUT2D eigenvalue weighted by Crippen LogP contribution is 2.11. The van der Waals surface area contributed by atoms with Crippen molar-refractivity contribution in [3.63, 3.8) is 0 Å². The number of rotatable bonds is 7. The molecule has 3 rings (SSSR count). The van der Waals surface area contributed by atoms with Gasteiger partial charge in [0, 0.05) is 11.3 Å². The van der Waals surface area contributed by atoms with Gasteiger partial charge in [0.05, 0.1) is 5.69 Å². The van der Waals surface area contributed by atoms with Crippen LogP contribution in [0.2, 0.25) is 0 Å². The van der Waals surface area contributed by atoms with Gasteiger partial charge in [-0.05, 0) is 36.4 Å². The first-order valence-corrected chi connectivity index (χ1v) is 9.82. The number of quaternary nitrogens is 2. The first-order chi connectivity index (χ1) is 14.4. The van der Waals surface area contributed by atoms with Crippen LogP contribution in [-0.2, 0) is 9.59 Å². The topological polar surface area (TPSA) is 110 Å². The molecule has 1 fully saturated rings. The fraction of sp³-hybridized carbons (Fsp3) is 0.286. The molecule has 0 aromatic heterocycles. The lowest BCUT2D eigenvalue weighted by molar-refractivity contribution is -1.00. The second-order valence-electron chi connectivity index (χ2n) is 7.37. The number of primary amides is 1. The Bertz CT molecular complexity index is 911. The van der Waals surface area contributed by atoms with E-state index in [-0.39, 0.29) is 24.0 Å². The lowest BCUT2D eigenvalue weighted by Crippen LogP contribution is -3.28. The summed E-state index contributed by atoms with van der Waals surface area (Å²) in [4.78, 5) is 37.8. The van der Waals surface area contributed by atoms with Gasteiger partial charge in [-0.15, -0.1) is 0 Å². The number of nitrogens with one attached hydrogen (secondary N) is 4. The molecule has 0 atom stereocenters. The number of benzene rings is 2. The van der Waals surface area contributed by atoms with Crippen molar-refractivity contribution in [1.82, 2.24) is 0 Å². The van der Waals surface area contributed by atoms with E-state index in [9.17, 15) is 18.8 Å². The Morgan fingerprint density at radius 2 is 1.37 bits per heavy atom. The number of carbonyl (C=O) groups excluding carboxylic acids is 3. The first kappa shape index (κ1) is 21.4. The van der Waals surface area contributed by atoms with Crippen LogP contribution in [0.3, 0.4) is 0 Å². The zero-order valence-corrected chi connectivity index (χ0v) is 16.5. The van der Waals surface area contributed by atoms with Gasteiger partial charge in [-0.25, -0.2) is 4.39 Å². The summed E-state index contributed by atoms with van der Waals surface area (Å²) >= 11 is 0. The molecule has 0 spiro atoms. The number of amides is 3. The minimum Gasteiger partial charge on any atom is -0.366 e. The standard InChI is InChI=1S/C21H24FN5O3/c22-17-3-1-2-4-18(17)25-20(29)14-27-11-9-26(10-12-27)13-19(28)24-16-7-5-15(6-8-16)21(23)30/h1-8H,9-14H2,(H2,23,30)(H,24,28)(H,25,29)/p+2. The number of anilines is 2. The van der Waals surface area contributed by atoms with E-state index in [0.717, 1.165) is 36.0 Å². The zero-order valence-electron chi connectivity index (χ0n) is 16.5. The monoisotopic (exact) mass is 415 g/mol. The third kappa shape index (κ3) is 6.10. The van der Waals surface area contributed by atoms with E-state index < -0.39 is 11.7 Å². The Balaban J connectivity index is 1.39. The average Bonchev–Trinajstić information content (AvgIpc) is 2.71. The second kappa shape index (κ2) is 9.95. The largest absolute Gasteiger partial charge is 0.366 e. The lowest BCUT2D eigenvalue weighted by atomic mass is 10.2. The van der Waals surface area contributed by atoms with Crippen LogP contribution >= 0.6 is 0 Å². The molecule has 2 aromatic rings. The van der Waals surface area contributed by atoms with Crippen LogP contribution < -0.4 is 26.2 Å². The number of carbonyl (C=O) groups is 3. The minimum absolute atomic E-state index is 0.113. The Kier molecular flexibility index (Phi) is 7.10. The quantitative estimate of drug-likeness (QED) is 0.371. The average molecular weight is 415 g/mol. The van der Waals surface area contributed by atoms with E-state index >= 15 is 0 Å². The second-order valence-corrected chi connectivity index (χ2v) is 7.37. The molecule has 1 aliphatic heterocycles. The van der Waals surface area contributed by atoms with E-state index in [2.05, 4.69) is 10.6 Å². The number of para-hydroxylation sites is 1. The number of hydrogen-bond donors (Lipinski definition) is 5. The van der Waals surface area contributed by atoms with Crippen LogP contribution in [0, 0.1) is 5.82 Å². The summed E-state index contributed by atoms with van der Waals surface area (Å²) in [6.07, 6.45) is 0. The summed E-state index contributed by atoms with van der Waals surface area (Å²) in [7, 11) is 0. The highest BCUT2D eigenvalue weighted by atomic mass is 19.1. The molecule has 1 saturated heterocycles. The molecular weight excluding hydrogens is 389 g/mol. The lowest BCUT2D eigenvalue weighted by Gasteiger charge is -2.29. The Labute approximate surface area is 173 Å². The van der Waals surface area contributed by atoms with E-state index in [1.807, 2.05) is 0 Å². The van der Waals surface area contributed by atoms with Gasteiger partial charge in [0.25, 0.3) is 11.8 Å². The predicted octanol–water partition coefficient (Wildman–Crippen LogP) is -1.71. The molecule has 0 saturated carbocycles. The molecule has 1 heterocycles. The molecule has 0 aliphatic carbocycles. The van der Waals surface area contributed by atoms with Crippen molar-refractivity contribution in [3.8, 4) is 0 Å². The van der Waals surface area contributed by atoms with Crippen molar-refractivity contribution >= 4 is 29.1 Å². The van der Waals surface area contributed by atoms with Crippen LogP contribution in [0.4, 0.5) is 15.8 Å². The van der Waals surface area contributed by atoms with Gasteiger partial charge >= 0.3 is 0 Å². The van der Waals surface area contributed by atoms with Gasteiger partial charge in [-0.2, -0.15) is 0 Å². The van der Waals surface area contributed by atoms with Crippen molar-refractivity contribution in [2.75, 3.05) is 49.9 Å². The normalized spacial score (nSPS) is 18.4. The zero-order chi connectivity index (χ0) is 21.5. The summed E-state index contributed by atoms with van der Waals surface area (Å²) in [6.45, 7) is 3.61. The van der Waals surface area contributed by atoms with Crippen molar-refractivity contribution in [1.29, 1.82) is 0 Å². The molecular formula is C21H26FN5O3+2. The molecule has 1 aliphatic rings. The molecule has 8 nitrogen and oxygen atoms in total. The Morgan fingerprint density at radius 1 is 0.833 bits per heavy atom. The van der Waals surface area contributed by atoms with Gasteiger partial charge in [0.15, 0.2) is 13.1 Å². The Morgan fingerprint density at radius 3 is 1.90 bits per heavy atom. The molecule has 9 heteroatoms. The number of halogens is 1. The smallest absolute Gasteiger partial charge is 0.279 e. The van der Waals surface area contributed by atoms with Crippen molar-refractivity contribution in [2.24, 2.45) is 5.73 Å². The fourth-order valence-electron chi connectivity index (χ4n) is 3.44. The summed E-state index contributed by atoms with van der Waals surface area (Å²) in [5, 5.41) is 5.42. The summed E-state index contributed by atoms with van der Waals surface area (Å²) in [6, 6.07) is 12.5. The van der Waals surface area contributed by atoms with Gasteiger partial charge in [0.2, 0.25) is 5.91 Å². The predicted molar refractivity (Wildman–Crippen MR) is 110 cm³/mol. The number of piperazine rings is 1. The highest BCUT2D eigenvalue weighted by molar-refractivity contribution is 5.95. The van der Waals surface area contributed by atoms with E-state index in [0.29, 0.717) is 17.8 Å². The molecule has 3 amide bonds.